The Morgan fingerprint density at radius 3 is 2.05 bits per heavy atom. The van der Waals surface area contributed by atoms with E-state index in [1.165, 1.54) is 17.6 Å². The van der Waals surface area contributed by atoms with Crippen molar-refractivity contribution in [1.29, 1.82) is 0 Å². The monoisotopic (exact) mass is 258 g/mol. The van der Waals surface area contributed by atoms with E-state index in [4.69, 9.17) is 0 Å². The quantitative estimate of drug-likeness (QED) is 0.539. The smallest absolute Gasteiger partial charge is 0.00883 e. The highest BCUT2D eigenvalue weighted by Gasteiger charge is 2.15. The van der Waals surface area contributed by atoms with Crippen LogP contribution >= 0.6 is 0 Å². The molecule has 0 spiro atoms. The van der Waals surface area contributed by atoms with E-state index in [-0.39, 0.29) is 0 Å². The molecule has 0 aromatic heterocycles. The third-order valence-electron chi connectivity index (χ3n) is 3.00. The summed E-state index contributed by atoms with van der Waals surface area (Å²) in [6.07, 6.45) is 7.81. The summed E-state index contributed by atoms with van der Waals surface area (Å²) in [4.78, 5) is 0. The van der Waals surface area contributed by atoms with Crippen LogP contribution < -0.4 is 0 Å². The Balaban J connectivity index is 0.00000154. The summed E-state index contributed by atoms with van der Waals surface area (Å²) in [6.45, 7) is 12.8. The molecule has 0 fully saturated rings. The van der Waals surface area contributed by atoms with Crippen LogP contribution in [0, 0.1) is 5.92 Å². The van der Waals surface area contributed by atoms with E-state index in [2.05, 4.69) is 76.3 Å². The fourth-order valence-corrected chi connectivity index (χ4v) is 2.23. The maximum absolute atomic E-state index is 2.29. The van der Waals surface area contributed by atoms with Gasteiger partial charge < -0.3 is 0 Å². The van der Waals surface area contributed by atoms with Gasteiger partial charge in [-0.25, -0.2) is 0 Å². The largest absolute Gasteiger partial charge is 0.0874 e. The van der Waals surface area contributed by atoms with Crippen LogP contribution in [0.5, 0.6) is 0 Å². The number of rotatable bonds is 5. The molecule has 0 aliphatic heterocycles. The SMILES string of the molecule is C/C=C\C(=C/C)C(CC(C)C)c1ccccc1.CC. The minimum absolute atomic E-state index is 0.525. The first kappa shape index (κ1) is 17.7. The Labute approximate surface area is 120 Å². The standard InChI is InChI=1S/C17H24.C2H6/c1-5-10-15(6-2)17(13-14(3)4)16-11-8-7-9-12-16;1-2/h5-12,14,17H,13H2,1-4H3;1-2H3/b10-5-,15-6+;. The maximum Gasteiger partial charge on any atom is 0.00883 e. The van der Waals surface area contributed by atoms with Crippen LogP contribution in [0.2, 0.25) is 0 Å². The van der Waals surface area contributed by atoms with Gasteiger partial charge in [0.25, 0.3) is 0 Å². The molecule has 1 atom stereocenters. The molecular formula is C19H30. The Morgan fingerprint density at radius 1 is 1.05 bits per heavy atom. The van der Waals surface area contributed by atoms with Crippen LogP contribution in [0.4, 0.5) is 0 Å². The van der Waals surface area contributed by atoms with E-state index in [0.717, 1.165) is 0 Å². The average molecular weight is 258 g/mol. The molecule has 1 aromatic carbocycles. The predicted molar refractivity (Wildman–Crippen MR) is 88.6 cm³/mol. The first-order valence-corrected chi connectivity index (χ1v) is 7.52. The highest BCUT2D eigenvalue weighted by molar-refractivity contribution is 5.34. The lowest BCUT2D eigenvalue weighted by Crippen LogP contribution is -2.05. The van der Waals surface area contributed by atoms with Crippen LogP contribution in [-0.4, -0.2) is 0 Å². The number of benzene rings is 1. The summed E-state index contributed by atoms with van der Waals surface area (Å²) >= 11 is 0. The molecule has 0 aliphatic rings. The summed E-state index contributed by atoms with van der Waals surface area (Å²) < 4.78 is 0. The van der Waals surface area contributed by atoms with Crippen molar-refractivity contribution >= 4 is 0 Å². The van der Waals surface area contributed by atoms with Gasteiger partial charge in [-0.05, 0) is 37.3 Å². The van der Waals surface area contributed by atoms with Gasteiger partial charge in [0.2, 0.25) is 0 Å². The lowest BCUT2D eigenvalue weighted by Gasteiger charge is -2.21. The van der Waals surface area contributed by atoms with Gasteiger partial charge in [-0.2, -0.15) is 0 Å². The third-order valence-corrected chi connectivity index (χ3v) is 3.00. The second-order valence-electron chi connectivity index (χ2n) is 4.88. The summed E-state index contributed by atoms with van der Waals surface area (Å²) in [6, 6.07) is 10.8. The average Bonchev–Trinajstić information content (AvgIpc) is 2.45. The zero-order chi connectivity index (χ0) is 14.7. The fourth-order valence-electron chi connectivity index (χ4n) is 2.23. The van der Waals surface area contributed by atoms with Gasteiger partial charge in [0.1, 0.15) is 0 Å². The predicted octanol–water partition coefficient (Wildman–Crippen LogP) is 6.36. The van der Waals surface area contributed by atoms with Gasteiger partial charge in [-0.1, -0.05) is 76.3 Å². The van der Waals surface area contributed by atoms with E-state index in [0.29, 0.717) is 11.8 Å². The molecule has 0 N–H and O–H groups in total. The van der Waals surface area contributed by atoms with E-state index >= 15 is 0 Å². The molecular weight excluding hydrogens is 228 g/mol. The number of allylic oxidation sites excluding steroid dienone is 4. The molecule has 0 saturated carbocycles. The molecule has 1 aromatic rings. The van der Waals surface area contributed by atoms with Crippen molar-refractivity contribution in [2.45, 2.75) is 53.9 Å². The van der Waals surface area contributed by atoms with E-state index in [9.17, 15) is 0 Å². The Morgan fingerprint density at radius 2 is 1.63 bits per heavy atom. The second kappa shape index (κ2) is 10.6. The maximum atomic E-state index is 2.29. The van der Waals surface area contributed by atoms with Crippen molar-refractivity contribution in [1.82, 2.24) is 0 Å². The second-order valence-corrected chi connectivity index (χ2v) is 4.88. The van der Waals surface area contributed by atoms with Crippen LogP contribution in [0.3, 0.4) is 0 Å². The zero-order valence-electron chi connectivity index (χ0n) is 13.5. The Bertz CT molecular complexity index is 368. The fraction of sp³-hybridized carbons (Fsp3) is 0.474. The van der Waals surface area contributed by atoms with Crippen LogP contribution in [0.1, 0.15) is 59.4 Å². The molecule has 1 unspecified atom stereocenters. The van der Waals surface area contributed by atoms with Crippen LogP contribution in [0.25, 0.3) is 0 Å². The van der Waals surface area contributed by atoms with E-state index < -0.39 is 0 Å². The van der Waals surface area contributed by atoms with E-state index in [1.807, 2.05) is 13.8 Å². The summed E-state index contributed by atoms with van der Waals surface area (Å²) in [5, 5.41) is 0. The minimum Gasteiger partial charge on any atom is -0.0874 e. The normalized spacial score (nSPS) is 13.3. The van der Waals surface area contributed by atoms with Crippen molar-refractivity contribution in [3.05, 3.63) is 59.7 Å². The lowest BCUT2D eigenvalue weighted by atomic mass is 9.84. The summed E-state index contributed by atoms with van der Waals surface area (Å²) in [5.41, 5.74) is 2.85. The minimum atomic E-state index is 0.525. The third kappa shape index (κ3) is 6.42. The van der Waals surface area contributed by atoms with Crippen LogP contribution in [0.15, 0.2) is 54.1 Å². The van der Waals surface area contributed by atoms with Gasteiger partial charge in [0, 0.05) is 5.92 Å². The van der Waals surface area contributed by atoms with Crippen molar-refractivity contribution in [3.63, 3.8) is 0 Å². The van der Waals surface area contributed by atoms with Gasteiger partial charge in [-0.15, -0.1) is 0 Å². The molecule has 0 nitrogen and oxygen atoms in total. The molecule has 0 saturated heterocycles. The number of hydrogen-bond donors (Lipinski definition) is 0. The molecule has 0 aliphatic carbocycles. The molecule has 0 heteroatoms. The molecule has 0 heterocycles. The highest BCUT2D eigenvalue weighted by atomic mass is 14.2. The molecule has 0 bridgehead atoms. The van der Waals surface area contributed by atoms with Gasteiger partial charge in [0.15, 0.2) is 0 Å². The van der Waals surface area contributed by atoms with Crippen LogP contribution in [-0.2, 0) is 0 Å². The molecule has 19 heavy (non-hydrogen) atoms. The van der Waals surface area contributed by atoms with Crippen molar-refractivity contribution in [2.75, 3.05) is 0 Å². The Hall–Kier alpha value is -1.30. The van der Waals surface area contributed by atoms with Gasteiger partial charge >= 0.3 is 0 Å². The van der Waals surface area contributed by atoms with Crippen molar-refractivity contribution in [2.24, 2.45) is 5.92 Å². The Kier molecular flexibility index (Phi) is 9.88. The van der Waals surface area contributed by atoms with E-state index in [1.54, 1.807) is 0 Å². The first-order valence-electron chi connectivity index (χ1n) is 7.52. The lowest BCUT2D eigenvalue weighted by molar-refractivity contribution is 0.540. The zero-order valence-corrected chi connectivity index (χ0v) is 13.5. The molecule has 106 valence electrons. The molecule has 1 rings (SSSR count). The van der Waals surface area contributed by atoms with Crippen molar-refractivity contribution < 1.29 is 0 Å². The molecule has 0 radical (unpaired) electrons. The van der Waals surface area contributed by atoms with Gasteiger partial charge in [0.05, 0.1) is 0 Å². The summed E-state index contributed by atoms with van der Waals surface area (Å²) in [7, 11) is 0. The topological polar surface area (TPSA) is 0 Å². The van der Waals surface area contributed by atoms with Crippen molar-refractivity contribution in [3.8, 4) is 0 Å². The highest BCUT2D eigenvalue weighted by Crippen LogP contribution is 2.31. The number of hydrogen-bond acceptors (Lipinski definition) is 0. The first-order chi connectivity index (χ1) is 9.19. The molecule has 0 amide bonds. The summed E-state index contributed by atoms with van der Waals surface area (Å²) in [5.74, 6) is 1.23. The van der Waals surface area contributed by atoms with Gasteiger partial charge in [-0.3, -0.25) is 0 Å².